The van der Waals surface area contributed by atoms with Gasteiger partial charge in [-0.2, -0.15) is 0 Å². The van der Waals surface area contributed by atoms with Crippen molar-refractivity contribution in [1.29, 1.82) is 0 Å². The molecule has 6 heteroatoms. The van der Waals surface area contributed by atoms with Crippen LogP contribution in [0.4, 0.5) is 51.2 Å². The molecule has 0 saturated heterocycles. The minimum absolute atomic E-state index is 0.0159. The van der Waals surface area contributed by atoms with Gasteiger partial charge in [0.2, 0.25) is 0 Å². The first kappa shape index (κ1) is 54.4. The summed E-state index contributed by atoms with van der Waals surface area (Å²) >= 11 is 1.92. The minimum atomic E-state index is -0.191. The highest BCUT2D eigenvalue weighted by molar-refractivity contribution is 7.26. The number of rotatable bonds is 4. The summed E-state index contributed by atoms with van der Waals surface area (Å²) in [4.78, 5) is 7.93. The van der Waals surface area contributed by atoms with Gasteiger partial charge >= 0.3 is 0 Å². The van der Waals surface area contributed by atoms with Crippen molar-refractivity contribution < 1.29 is 0 Å². The average molecular weight is 1120 g/mol. The van der Waals surface area contributed by atoms with Gasteiger partial charge in [-0.3, -0.25) is 0 Å². The molecule has 2 aromatic heterocycles. The van der Waals surface area contributed by atoms with Crippen molar-refractivity contribution >= 4 is 128 Å². The molecule has 0 unspecified atom stereocenters. The zero-order valence-corrected chi connectivity index (χ0v) is 53.7. The van der Waals surface area contributed by atoms with Crippen LogP contribution in [0.15, 0.2) is 164 Å². The third-order valence-corrected chi connectivity index (χ3v) is 20.0. The zero-order chi connectivity index (χ0) is 59.3. The van der Waals surface area contributed by atoms with Gasteiger partial charge in [0.1, 0.15) is 0 Å². The van der Waals surface area contributed by atoms with E-state index in [2.05, 4.69) is 308 Å². The van der Waals surface area contributed by atoms with E-state index in [-0.39, 0.29) is 39.2 Å². The summed E-state index contributed by atoms with van der Waals surface area (Å²) in [6, 6.07) is 64.9. The number of nitrogens with zero attached hydrogens (tertiary/aromatic N) is 4. The maximum absolute atomic E-state index is 2.74. The fourth-order valence-corrected chi connectivity index (χ4v) is 15.0. The van der Waals surface area contributed by atoms with Gasteiger partial charge in [-0.05, 0) is 173 Å². The molecule has 0 amide bonds. The Morgan fingerprint density at radius 1 is 0.345 bits per heavy atom. The summed E-state index contributed by atoms with van der Waals surface area (Å²) in [5, 5.41) is 5.22. The first-order valence-electron chi connectivity index (χ1n) is 30.6. The molecule has 4 nitrogen and oxygen atoms in total. The van der Waals surface area contributed by atoms with Gasteiger partial charge in [0.15, 0.2) is 0 Å². The van der Waals surface area contributed by atoms with Crippen LogP contribution in [0.5, 0.6) is 0 Å². The number of anilines is 9. The molecule has 0 aliphatic carbocycles. The molecule has 11 aromatic rings. The van der Waals surface area contributed by atoms with Crippen LogP contribution in [0, 0.1) is 0 Å². The van der Waals surface area contributed by atoms with E-state index in [9.17, 15) is 0 Å². The standard InChI is InChI=1S/C78H81BN4S/c1-73(2,3)46-26-31-52(32-27-46)80(53-33-28-47(29-34-53)74(4,5)6)54-35-36-59-63(45-54)81(62-24-21-23-56-55-22-19-20-25-68(55)84-72(56)62)64-41-51(78(16,17)18)42-65-69(64)79(59)60-40-50(77(13,14)15)44-67-71(60)83(65)66-43-49(76(10,11)12)39-58-57-38-48(75(7,8)9)30-37-61(57)82(67)70(58)66/h19-45H,1-18H3. The second-order valence-corrected chi connectivity index (χ2v) is 31.9. The maximum Gasteiger partial charge on any atom is 0.252 e. The Morgan fingerprint density at radius 2 is 0.845 bits per heavy atom. The van der Waals surface area contributed by atoms with Gasteiger partial charge in [-0.1, -0.05) is 197 Å². The maximum atomic E-state index is 2.74. The van der Waals surface area contributed by atoms with E-state index >= 15 is 0 Å². The molecule has 3 aliphatic heterocycles. The third-order valence-electron chi connectivity index (χ3n) is 18.8. The smallest absolute Gasteiger partial charge is 0.252 e. The van der Waals surface area contributed by atoms with Crippen molar-refractivity contribution in [3.63, 3.8) is 0 Å². The monoisotopic (exact) mass is 1120 g/mol. The molecule has 5 heterocycles. The molecule has 0 atom stereocenters. The molecule has 0 bridgehead atoms. The quantitative estimate of drug-likeness (QED) is 0.163. The van der Waals surface area contributed by atoms with Crippen LogP contribution < -0.4 is 31.1 Å². The summed E-state index contributed by atoms with van der Waals surface area (Å²) in [6.07, 6.45) is 0. The zero-order valence-electron chi connectivity index (χ0n) is 52.9. The fraction of sp³-hybridized carbons (Fsp3) is 0.308. The molecule has 0 saturated carbocycles. The second kappa shape index (κ2) is 18.0. The minimum Gasteiger partial charge on any atom is -0.310 e. The number of aromatic nitrogens is 1. The Morgan fingerprint density at radius 3 is 1.45 bits per heavy atom. The molecule has 9 aromatic carbocycles. The van der Waals surface area contributed by atoms with E-state index < -0.39 is 0 Å². The first-order chi connectivity index (χ1) is 39.4. The summed E-state index contributed by atoms with van der Waals surface area (Å²) in [6.45, 7) is 42.3. The summed E-state index contributed by atoms with van der Waals surface area (Å²) < 4.78 is 5.26. The van der Waals surface area contributed by atoms with E-state index in [4.69, 9.17) is 0 Å². The summed E-state index contributed by atoms with van der Waals surface area (Å²) in [5.74, 6) is 0. The molecule has 0 radical (unpaired) electrons. The van der Waals surface area contributed by atoms with Crippen molar-refractivity contribution in [3.8, 4) is 5.69 Å². The lowest BCUT2D eigenvalue weighted by Crippen LogP contribution is -2.62. The van der Waals surface area contributed by atoms with Crippen LogP contribution in [0.3, 0.4) is 0 Å². The second-order valence-electron chi connectivity index (χ2n) is 30.8. The highest BCUT2D eigenvalue weighted by atomic mass is 32.1. The van der Waals surface area contributed by atoms with Crippen molar-refractivity contribution in [2.24, 2.45) is 0 Å². The van der Waals surface area contributed by atoms with E-state index in [0.29, 0.717) is 0 Å². The Labute approximate surface area is 503 Å². The van der Waals surface area contributed by atoms with Crippen LogP contribution in [-0.4, -0.2) is 11.3 Å². The fourth-order valence-electron chi connectivity index (χ4n) is 13.8. The van der Waals surface area contributed by atoms with E-state index in [0.717, 1.165) is 17.1 Å². The molecule has 0 spiro atoms. The Balaban J connectivity index is 1.13. The van der Waals surface area contributed by atoms with Crippen LogP contribution in [0.1, 0.15) is 158 Å². The predicted octanol–water partition coefficient (Wildman–Crippen LogP) is 20.8. The normalized spacial score (nSPS) is 14.2. The lowest BCUT2D eigenvalue weighted by Gasteiger charge is -2.47. The van der Waals surface area contributed by atoms with Crippen LogP contribution in [0.25, 0.3) is 47.7 Å². The highest BCUT2D eigenvalue weighted by Crippen LogP contribution is 2.56. The number of fused-ring (bicyclic) bond motifs is 12. The summed E-state index contributed by atoms with van der Waals surface area (Å²) in [5.41, 5.74) is 26.2. The summed E-state index contributed by atoms with van der Waals surface area (Å²) in [7, 11) is 0. The SMILES string of the molecule is CC(C)(C)c1ccc(N(c2ccc(C(C)(C)C)cc2)c2ccc3c(c2)N(c2cccc4c2sc2ccccc24)c2cc(C(C)(C)C)cc4c2B3c2cc(C(C)(C)C)cc3c2N4c2cc(C(C)(C)C)cc4c5cc(C(C)(C)C)ccc5n-3c24)cc1. The molecular formula is C78H81BN4S. The van der Waals surface area contributed by atoms with Gasteiger partial charge in [0.05, 0.1) is 38.5 Å². The molecular weight excluding hydrogens is 1040 g/mol. The molecule has 84 heavy (non-hydrogen) atoms. The van der Waals surface area contributed by atoms with Crippen molar-refractivity contribution in [3.05, 3.63) is 197 Å². The number of hydrogen-bond donors (Lipinski definition) is 0. The van der Waals surface area contributed by atoms with E-state index in [1.165, 1.54) is 132 Å². The largest absolute Gasteiger partial charge is 0.310 e. The van der Waals surface area contributed by atoms with Gasteiger partial charge in [0, 0.05) is 60.4 Å². The van der Waals surface area contributed by atoms with Gasteiger partial charge < -0.3 is 19.3 Å². The third kappa shape index (κ3) is 8.34. The van der Waals surface area contributed by atoms with Gasteiger partial charge in [-0.15, -0.1) is 11.3 Å². The Hall–Kier alpha value is -7.54. The molecule has 14 rings (SSSR count). The van der Waals surface area contributed by atoms with Gasteiger partial charge in [0.25, 0.3) is 6.71 Å². The average Bonchev–Trinajstić information content (AvgIpc) is 1.15. The lowest BCUT2D eigenvalue weighted by molar-refractivity contribution is 0.589. The highest BCUT2D eigenvalue weighted by Gasteiger charge is 2.48. The Kier molecular flexibility index (Phi) is 11.7. The van der Waals surface area contributed by atoms with Crippen molar-refractivity contribution in [2.45, 2.75) is 157 Å². The first-order valence-corrected chi connectivity index (χ1v) is 31.4. The van der Waals surface area contributed by atoms with Crippen LogP contribution in [0.2, 0.25) is 0 Å². The van der Waals surface area contributed by atoms with Gasteiger partial charge in [-0.25, -0.2) is 0 Å². The van der Waals surface area contributed by atoms with E-state index in [1.807, 2.05) is 11.3 Å². The van der Waals surface area contributed by atoms with Crippen molar-refractivity contribution in [1.82, 2.24) is 4.57 Å². The molecule has 0 N–H and O–H groups in total. The number of benzene rings is 9. The number of hydrogen-bond acceptors (Lipinski definition) is 4. The van der Waals surface area contributed by atoms with Crippen LogP contribution >= 0.6 is 11.3 Å². The molecule has 3 aliphatic rings. The topological polar surface area (TPSA) is 14.7 Å². The van der Waals surface area contributed by atoms with Crippen LogP contribution in [-0.2, 0) is 32.5 Å². The van der Waals surface area contributed by atoms with Crippen molar-refractivity contribution in [2.75, 3.05) is 14.7 Å². The van der Waals surface area contributed by atoms with E-state index in [1.54, 1.807) is 0 Å². The number of thiophene rings is 1. The molecule has 0 fully saturated rings. The Bertz CT molecular complexity index is 4490. The lowest BCUT2D eigenvalue weighted by atomic mass is 9.33. The molecule has 422 valence electrons. The predicted molar refractivity (Wildman–Crippen MR) is 368 cm³/mol.